The number of halogens is 3. The first kappa shape index (κ1) is 16.6. The zero-order valence-electron chi connectivity index (χ0n) is 11.5. The third-order valence-corrected chi connectivity index (χ3v) is 4.96. The van der Waals surface area contributed by atoms with Gasteiger partial charge in [0, 0.05) is 23.4 Å². The first-order valence-corrected chi connectivity index (χ1v) is 7.35. The Kier molecular flexibility index (Phi) is 4.35. The molecule has 0 bridgehead atoms. The van der Waals surface area contributed by atoms with Crippen LogP contribution in [0.15, 0.2) is 0 Å². The molecule has 4 N–H and O–H groups in total. The van der Waals surface area contributed by atoms with Gasteiger partial charge >= 0.3 is 12.1 Å². The molecule has 120 valence electrons. The summed E-state index contributed by atoms with van der Waals surface area (Å²) in [5.41, 5.74) is 8.19. The highest BCUT2D eigenvalue weighted by atomic mass is 32.1. The van der Waals surface area contributed by atoms with E-state index in [2.05, 4.69) is 11.4 Å². The highest BCUT2D eigenvalue weighted by molar-refractivity contribution is 7.16. The van der Waals surface area contributed by atoms with Crippen LogP contribution in [0.5, 0.6) is 0 Å². The Morgan fingerprint density at radius 2 is 2.05 bits per heavy atom. The van der Waals surface area contributed by atoms with Crippen LogP contribution < -0.4 is 11.1 Å². The van der Waals surface area contributed by atoms with Crippen LogP contribution in [-0.2, 0) is 16.6 Å². The summed E-state index contributed by atoms with van der Waals surface area (Å²) in [6, 6.07) is 2.28. The second kappa shape index (κ2) is 5.78. The zero-order valence-corrected chi connectivity index (χ0v) is 12.3. The maximum absolute atomic E-state index is 10.6. The summed E-state index contributed by atoms with van der Waals surface area (Å²) >= 11 is 1.62. The SMILES string of the molecule is N#Cc1c(N)sc2c1C1(CCC2)CNC1.O=C(O)C(F)(F)F. The number of nitrogens with two attached hydrogens (primary N) is 1. The van der Waals surface area contributed by atoms with Crippen molar-refractivity contribution in [2.45, 2.75) is 30.9 Å². The Morgan fingerprint density at radius 3 is 2.45 bits per heavy atom. The molecular formula is C13H14F3N3O2S. The van der Waals surface area contributed by atoms with Gasteiger partial charge in [-0.15, -0.1) is 11.3 Å². The minimum atomic E-state index is -5.08. The van der Waals surface area contributed by atoms with Crippen molar-refractivity contribution in [1.82, 2.24) is 5.32 Å². The van der Waals surface area contributed by atoms with E-state index in [0.717, 1.165) is 30.1 Å². The molecular weight excluding hydrogens is 319 g/mol. The summed E-state index contributed by atoms with van der Waals surface area (Å²) in [7, 11) is 0. The quantitative estimate of drug-likeness (QED) is 0.674. The molecule has 0 aromatic carbocycles. The molecule has 1 fully saturated rings. The zero-order chi connectivity index (χ0) is 16.5. The summed E-state index contributed by atoms with van der Waals surface area (Å²) in [5.74, 6) is -2.76. The third-order valence-electron chi connectivity index (χ3n) is 3.88. The molecule has 9 heteroatoms. The van der Waals surface area contributed by atoms with E-state index >= 15 is 0 Å². The van der Waals surface area contributed by atoms with Gasteiger partial charge in [0.25, 0.3) is 0 Å². The van der Waals surface area contributed by atoms with E-state index in [1.807, 2.05) is 0 Å². The van der Waals surface area contributed by atoms with Gasteiger partial charge in [-0.05, 0) is 24.8 Å². The second-order valence-corrected chi connectivity index (χ2v) is 6.43. The van der Waals surface area contributed by atoms with Crippen LogP contribution in [0, 0.1) is 11.3 Å². The molecule has 1 aliphatic carbocycles. The highest BCUT2D eigenvalue weighted by Crippen LogP contribution is 2.47. The fourth-order valence-electron chi connectivity index (χ4n) is 2.84. The number of hydrogen-bond acceptors (Lipinski definition) is 5. The lowest BCUT2D eigenvalue weighted by Crippen LogP contribution is -2.58. The first-order chi connectivity index (χ1) is 10.2. The number of aryl methyl sites for hydroxylation is 1. The van der Waals surface area contributed by atoms with Gasteiger partial charge in [0.05, 0.1) is 5.56 Å². The Labute approximate surface area is 128 Å². The molecule has 5 nitrogen and oxygen atoms in total. The van der Waals surface area contributed by atoms with E-state index in [1.165, 1.54) is 23.3 Å². The largest absolute Gasteiger partial charge is 0.490 e. The lowest BCUT2D eigenvalue weighted by atomic mass is 9.67. The Morgan fingerprint density at radius 1 is 1.45 bits per heavy atom. The van der Waals surface area contributed by atoms with Crippen molar-refractivity contribution in [2.75, 3.05) is 18.8 Å². The lowest BCUT2D eigenvalue weighted by Gasteiger charge is -2.46. The van der Waals surface area contributed by atoms with E-state index in [9.17, 15) is 18.4 Å². The van der Waals surface area contributed by atoms with E-state index in [1.54, 1.807) is 11.3 Å². The van der Waals surface area contributed by atoms with Gasteiger partial charge in [-0.2, -0.15) is 18.4 Å². The van der Waals surface area contributed by atoms with Gasteiger partial charge in [0.15, 0.2) is 0 Å². The number of thiophene rings is 1. The normalized spacial score (nSPS) is 18.5. The predicted octanol–water partition coefficient (Wildman–Crippen LogP) is 2.01. The molecule has 1 aromatic rings. The first-order valence-electron chi connectivity index (χ1n) is 6.54. The van der Waals surface area contributed by atoms with Gasteiger partial charge in [-0.3, -0.25) is 0 Å². The minimum Gasteiger partial charge on any atom is -0.475 e. The molecule has 3 rings (SSSR count). The number of carboxylic acid groups (broad SMARTS) is 1. The van der Waals surface area contributed by atoms with Crippen LogP contribution in [-0.4, -0.2) is 30.3 Å². The number of nitrogens with one attached hydrogen (secondary N) is 1. The monoisotopic (exact) mass is 333 g/mol. The van der Waals surface area contributed by atoms with Gasteiger partial charge < -0.3 is 16.2 Å². The van der Waals surface area contributed by atoms with Gasteiger partial charge in [0.1, 0.15) is 11.1 Å². The molecule has 2 heterocycles. The molecule has 2 aliphatic rings. The standard InChI is InChI=1S/C11H13N3S.C2HF3O2/c12-4-7-9-8(15-10(7)13)2-1-3-11(9)5-14-6-11;3-2(4,5)1(6)7/h14H,1-3,5-6,13H2;(H,6,7). The van der Waals surface area contributed by atoms with E-state index in [4.69, 9.17) is 15.6 Å². The van der Waals surface area contributed by atoms with Crippen molar-refractivity contribution in [3.63, 3.8) is 0 Å². The number of carboxylic acids is 1. The Hall–Kier alpha value is -1.79. The summed E-state index contributed by atoms with van der Waals surface area (Å²) < 4.78 is 31.7. The Bertz CT molecular complexity index is 630. The molecule has 0 radical (unpaired) electrons. The van der Waals surface area contributed by atoms with Gasteiger partial charge in [-0.1, -0.05) is 0 Å². The van der Waals surface area contributed by atoms with E-state index in [0.29, 0.717) is 0 Å². The second-order valence-electron chi connectivity index (χ2n) is 5.29. The number of aliphatic carboxylic acids is 1. The summed E-state index contributed by atoms with van der Waals surface area (Å²) in [5, 5.41) is 20.3. The fourth-order valence-corrected chi connectivity index (χ4v) is 4.02. The maximum Gasteiger partial charge on any atom is 0.490 e. The average Bonchev–Trinajstić information content (AvgIpc) is 2.71. The highest BCUT2D eigenvalue weighted by Gasteiger charge is 2.45. The van der Waals surface area contributed by atoms with Crippen LogP contribution in [0.1, 0.15) is 28.8 Å². The van der Waals surface area contributed by atoms with Crippen molar-refractivity contribution in [3.8, 4) is 6.07 Å². The number of nitrogens with zero attached hydrogens (tertiary/aromatic N) is 1. The summed E-state index contributed by atoms with van der Waals surface area (Å²) in [6.07, 6.45) is -1.54. The molecule has 0 unspecified atom stereocenters. The number of nitriles is 1. The van der Waals surface area contributed by atoms with Crippen LogP contribution in [0.3, 0.4) is 0 Å². The fraction of sp³-hybridized carbons (Fsp3) is 0.538. The van der Waals surface area contributed by atoms with Crippen molar-refractivity contribution in [1.29, 1.82) is 5.26 Å². The number of nitrogen functional groups attached to an aromatic ring is 1. The number of rotatable bonds is 0. The summed E-state index contributed by atoms with van der Waals surface area (Å²) in [4.78, 5) is 10.3. The maximum atomic E-state index is 10.6. The molecule has 0 saturated carbocycles. The molecule has 1 saturated heterocycles. The van der Waals surface area contributed by atoms with E-state index < -0.39 is 12.1 Å². The number of anilines is 1. The number of fused-ring (bicyclic) bond motifs is 2. The van der Waals surface area contributed by atoms with Gasteiger partial charge in [-0.25, -0.2) is 4.79 Å². The molecule has 22 heavy (non-hydrogen) atoms. The Balaban J connectivity index is 0.000000217. The number of alkyl halides is 3. The summed E-state index contributed by atoms with van der Waals surface area (Å²) in [6.45, 7) is 2.04. The molecule has 1 spiro atoms. The molecule has 0 atom stereocenters. The van der Waals surface area contributed by atoms with Crippen molar-refractivity contribution < 1.29 is 23.1 Å². The number of hydrogen-bond donors (Lipinski definition) is 3. The topological polar surface area (TPSA) is 99.1 Å². The van der Waals surface area contributed by atoms with Gasteiger partial charge in [0.2, 0.25) is 0 Å². The third kappa shape index (κ3) is 2.89. The van der Waals surface area contributed by atoms with Crippen LogP contribution >= 0.6 is 11.3 Å². The number of carbonyl (C=O) groups is 1. The minimum absolute atomic E-state index is 0.243. The average molecular weight is 333 g/mol. The van der Waals surface area contributed by atoms with E-state index in [-0.39, 0.29) is 5.41 Å². The van der Waals surface area contributed by atoms with Crippen molar-refractivity contribution >= 4 is 22.3 Å². The smallest absolute Gasteiger partial charge is 0.475 e. The predicted molar refractivity (Wildman–Crippen MR) is 74.6 cm³/mol. The van der Waals surface area contributed by atoms with Crippen molar-refractivity contribution in [3.05, 3.63) is 16.0 Å². The van der Waals surface area contributed by atoms with Crippen LogP contribution in [0.2, 0.25) is 0 Å². The van der Waals surface area contributed by atoms with Crippen molar-refractivity contribution in [2.24, 2.45) is 0 Å². The molecule has 0 amide bonds. The van der Waals surface area contributed by atoms with Crippen LogP contribution in [0.4, 0.5) is 18.2 Å². The lowest BCUT2D eigenvalue weighted by molar-refractivity contribution is -0.192. The molecule has 1 aromatic heterocycles. The van der Waals surface area contributed by atoms with Crippen LogP contribution in [0.25, 0.3) is 0 Å². The molecule has 1 aliphatic heterocycles.